The molecule has 5 nitrogen and oxygen atoms in total. The SMILES string of the molecule is NNc1ncnc(NCCCc2ccccc2)c1Br. The molecule has 4 N–H and O–H groups in total. The van der Waals surface area contributed by atoms with Gasteiger partial charge in [-0.3, -0.25) is 0 Å². The van der Waals surface area contributed by atoms with Crippen LogP contribution in [-0.4, -0.2) is 16.5 Å². The molecule has 0 fully saturated rings. The van der Waals surface area contributed by atoms with Crippen molar-refractivity contribution in [1.29, 1.82) is 0 Å². The van der Waals surface area contributed by atoms with Crippen LogP contribution in [0.3, 0.4) is 0 Å². The molecule has 0 saturated heterocycles. The van der Waals surface area contributed by atoms with Crippen LogP contribution in [0.1, 0.15) is 12.0 Å². The van der Waals surface area contributed by atoms with Crippen LogP contribution in [-0.2, 0) is 6.42 Å². The van der Waals surface area contributed by atoms with Crippen LogP contribution in [0.4, 0.5) is 11.6 Å². The van der Waals surface area contributed by atoms with E-state index < -0.39 is 0 Å². The number of benzene rings is 1. The maximum atomic E-state index is 5.35. The minimum atomic E-state index is 0.570. The molecule has 6 heteroatoms. The van der Waals surface area contributed by atoms with Gasteiger partial charge in [-0.15, -0.1) is 0 Å². The molecule has 0 spiro atoms. The topological polar surface area (TPSA) is 75.9 Å². The van der Waals surface area contributed by atoms with E-state index in [2.05, 4.69) is 60.9 Å². The molecule has 100 valence electrons. The first kappa shape index (κ1) is 13.8. The summed E-state index contributed by atoms with van der Waals surface area (Å²) < 4.78 is 0.747. The quantitative estimate of drug-likeness (QED) is 0.433. The second kappa shape index (κ2) is 7.06. The van der Waals surface area contributed by atoms with E-state index in [-0.39, 0.29) is 0 Å². The maximum Gasteiger partial charge on any atom is 0.159 e. The zero-order valence-corrected chi connectivity index (χ0v) is 12.0. The molecule has 0 unspecified atom stereocenters. The fraction of sp³-hybridized carbons (Fsp3) is 0.231. The van der Waals surface area contributed by atoms with Crippen LogP contribution in [0.5, 0.6) is 0 Å². The average molecular weight is 322 g/mol. The Morgan fingerprint density at radius 2 is 1.84 bits per heavy atom. The third kappa shape index (κ3) is 3.90. The number of nitrogens with two attached hydrogens (primary N) is 1. The fourth-order valence-electron chi connectivity index (χ4n) is 1.74. The van der Waals surface area contributed by atoms with Gasteiger partial charge in [-0.2, -0.15) is 0 Å². The number of nitrogens with one attached hydrogen (secondary N) is 2. The molecule has 0 bridgehead atoms. The molecule has 0 radical (unpaired) electrons. The minimum Gasteiger partial charge on any atom is -0.369 e. The number of halogens is 1. The molecule has 1 heterocycles. The van der Waals surface area contributed by atoms with E-state index in [4.69, 9.17) is 5.84 Å². The number of nitrogens with zero attached hydrogens (tertiary/aromatic N) is 2. The molecule has 0 atom stereocenters. The smallest absolute Gasteiger partial charge is 0.159 e. The maximum absolute atomic E-state index is 5.35. The van der Waals surface area contributed by atoms with Gasteiger partial charge in [-0.05, 0) is 34.3 Å². The minimum absolute atomic E-state index is 0.570. The van der Waals surface area contributed by atoms with Gasteiger partial charge in [-0.25, -0.2) is 15.8 Å². The third-order valence-corrected chi connectivity index (χ3v) is 3.45. The highest BCUT2D eigenvalue weighted by molar-refractivity contribution is 9.10. The van der Waals surface area contributed by atoms with Gasteiger partial charge >= 0.3 is 0 Å². The lowest BCUT2D eigenvalue weighted by atomic mass is 10.1. The van der Waals surface area contributed by atoms with Crippen molar-refractivity contribution in [1.82, 2.24) is 9.97 Å². The van der Waals surface area contributed by atoms with Gasteiger partial charge in [0.15, 0.2) is 5.82 Å². The number of rotatable bonds is 6. The van der Waals surface area contributed by atoms with Crippen LogP contribution >= 0.6 is 15.9 Å². The highest BCUT2D eigenvalue weighted by Crippen LogP contribution is 2.25. The van der Waals surface area contributed by atoms with Crippen molar-refractivity contribution in [2.75, 3.05) is 17.3 Å². The Hall–Kier alpha value is -1.66. The van der Waals surface area contributed by atoms with Gasteiger partial charge in [0.1, 0.15) is 16.6 Å². The highest BCUT2D eigenvalue weighted by Gasteiger charge is 2.06. The van der Waals surface area contributed by atoms with E-state index in [1.165, 1.54) is 11.9 Å². The van der Waals surface area contributed by atoms with Crippen LogP contribution in [0.2, 0.25) is 0 Å². The van der Waals surface area contributed by atoms with Gasteiger partial charge in [-0.1, -0.05) is 30.3 Å². The van der Waals surface area contributed by atoms with Crippen LogP contribution in [0, 0.1) is 0 Å². The zero-order chi connectivity index (χ0) is 13.5. The number of nitrogen functional groups attached to an aromatic ring is 1. The first-order valence-corrected chi connectivity index (χ1v) is 6.85. The number of aromatic nitrogens is 2. The van der Waals surface area contributed by atoms with Crippen molar-refractivity contribution in [2.24, 2.45) is 5.84 Å². The van der Waals surface area contributed by atoms with Crippen molar-refractivity contribution in [3.05, 3.63) is 46.7 Å². The summed E-state index contributed by atoms with van der Waals surface area (Å²) in [7, 11) is 0. The van der Waals surface area contributed by atoms with Crippen molar-refractivity contribution in [2.45, 2.75) is 12.8 Å². The third-order valence-electron chi connectivity index (χ3n) is 2.70. The van der Waals surface area contributed by atoms with Gasteiger partial charge in [0.05, 0.1) is 0 Å². The predicted octanol–water partition coefficient (Wildman–Crippen LogP) is 2.57. The number of anilines is 2. The molecule has 0 saturated carbocycles. The summed E-state index contributed by atoms with van der Waals surface area (Å²) in [5.41, 5.74) is 3.86. The summed E-state index contributed by atoms with van der Waals surface area (Å²) in [5, 5.41) is 3.26. The van der Waals surface area contributed by atoms with E-state index in [0.717, 1.165) is 29.7 Å². The van der Waals surface area contributed by atoms with Crippen molar-refractivity contribution < 1.29 is 0 Å². The normalized spacial score (nSPS) is 10.2. The van der Waals surface area contributed by atoms with E-state index in [1.54, 1.807) is 0 Å². The Bertz CT molecular complexity index is 518. The molecule has 0 amide bonds. The van der Waals surface area contributed by atoms with Crippen molar-refractivity contribution in [3.63, 3.8) is 0 Å². The van der Waals surface area contributed by atoms with Crippen LogP contribution < -0.4 is 16.6 Å². The molecule has 0 aliphatic rings. The monoisotopic (exact) mass is 321 g/mol. The number of aryl methyl sites for hydroxylation is 1. The molecule has 0 aliphatic carbocycles. The van der Waals surface area contributed by atoms with Crippen molar-refractivity contribution in [3.8, 4) is 0 Å². The zero-order valence-electron chi connectivity index (χ0n) is 10.4. The average Bonchev–Trinajstić information content (AvgIpc) is 2.46. The van der Waals surface area contributed by atoms with E-state index in [0.29, 0.717) is 5.82 Å². The molecule has 0 aliphatic heterocycles. The lowest BCUT2D eigenvalue weighted by molar-refractivity contribution is 0.857. The number of hydrogen-bond donors (Lipinski definition) is 3. The second-order valence-electron chi connectivity index (χ2n) is 4.05. The summed E-state index contributed by atoms with van der Waals surface area (Å²) >= 11 is 3.41. The number of hydrogen-bond acceptors (Lipinski definition) is 5. The molecular formula is C13H16BrN5. The van der Waals surface area contributed by atoms with Gasteiger partial charge in [0.25, 0.3) is 0 Å². The van der Waals surface area contributed by atoms with Crippen LogP contribution in [0.25, 0.3) is 0 Å². The van der Waals surface area contributed by atoms with E-state index in [1.807, 2.05) is 6.07 Å². The van der Waals surface area contributed by atoms with E-state index in [9.17, 15) is 0 Å². The van der Waals surface area contributed by atoms with Crippen LogP contribution in [0.15, 0.2) is 41.1 Å². The van der Waals surface area contributed by atoms with Gasteiger partial charge < -0.3 is 10.7 Å². The molecule has 1 aromatic carbocycles. The first-order valence-electron chi connectivity index (χ1n) is 6.06. The fourth-order valence-corrected chi connectivity index (χ4v) is 2.20. The Kier molecular flexibility index (Phi) is 5.11. The van der Waals surface area contributed by atoms with Crippen molar-refractivity contribution >= 4 is 27.6 Å². The molecular weight excluding hydrogens is 306 g/mol. The summed E-state index contributed by atoms with van der Waals surface area (Å²) in [4.78, 5) is 8.17. The Balaban J connectivity index is 1.83. The van der Waals surface area contributed by atoms with E-state index >= 15 is 0 Å². The standard InChI is InChI=1S/C13H16BrN5/c14-11-12(17-9-18-13(11)19-15)16-8-4-7-10-5-2-1-3-6-10/h1-3,5-6,9H,4,7-8,15H2,(H2,16,17,18,19). The summed E-state index contributed by atoms with van der Waals surface area (Å²) in [6.07, 6.45) is 3.55. The molecule has 2 aromatic rings. The summed E-state index contributed by atoms with van der Waals surface area (Å²) in [6, 6.07) is 10.4. The summed E-state index contributed by atoms with van der Waals surface area (Å²) in [6.45, 7) is 0.842. The molecule has 19 heavy (non-hydrogen) atoms. The van der Waals surface area contributed by atoms with Gasteiger partial charge in [0.2, 0.25) is 0 Å². The Labute approximate surface area is 120 Å². The Morgan fingerprint density at radius 3 is 2.58 bits per heavy atom. The lowest BCUT2D eigenvalue weighted by Crippen LogP contribution is -2.12. The van der Waals surface area contributed by atoms with Gasteiger partial charge in [0, 0.05) is 6.54 Å². The lowest BCUT2D eigenvalue weighted by Gasteiger charge is -2.09. The second-order valence-corrected chi connectivity index (χ2v) is 4.84. The summed E-state index contributed by atoms with van der Waals surface area (Å²) in [5.74, 6) is 6.67. The number of hydrazine groups is 1. The molecule has 1 aromatic heterocycles. The molecule has 2 rings (SSSR count). The predicted molar refractivity (Wildman–Crippen MR) is 80.8 cm³/mol. The Morgan fingerprint density at radius 1 is 1.11 bits per heavy atom. The highest BCUT2D eigenvalue weighted by atomic mass is 79.9. The largest absolute Gasteiger partial charge is 0.369 e. The first-order chi connectivity index (χ1) is 9.31.